The van der Waals surface area contributed by atoms with E-state index in [0.29, 0.717) is 18.8 Å². The molecule has 3 N–H and O–H groups in total. The van der Waals surface area contributed by atoms with Gasteiger partial charge in [-0.3, -0.25) is 14.5 Å². The topological polar surface area (TPSA) is 75.4 Å². The summed E-state index contributed by atoms with van der Waals surface area (Å²) in [6.45, 7) is 2.06. The molecule has 0 radical (unpaired) electrons. The molecule has 1 spiro atoms. The van der Waals surface area contributed by atoms with Crippen molar-refractivity contribution in [3.05, 3.63) is 65.2 Å². The first kappa shape index (κ1) is 19.3. The molecule has 2 atom stereocenters. The van der Waals surface area contributed by atoms with Crippen LogP contribution in [-0.2, 0) is 27.8 Å². The summed E-state index contributed by atoms with van der Waals surface area (Å²) in [5.74, 6) is 0.0530. The number of hydrogen-bond donors (Lipinski definition) is 2. The van der Waals surface area contributed by atoms with E-state index in [2.05, 4.69) is 29.6 Å². The van der Waals surface area contributed by atoms with E-state index >= 15 is 0 Å². The highest BCUT2D eigenvalue weighted by Gasteiger charge is 2.47. The molecule has 2 amide bonds. The third kappa shape index (κ3) is 3.03. The summed E-state index contributed by atoms with van der Waals surface area (Å²) in [6, 6.07) is 16.0. The summed E-state index contributed by atoms with van der Waals surface area (Å²) in [5.41, 5.74) is 10.6. The van der Waals surface area contributed by atoms with Gasteiger partial charge in [0.2, 0.25) is 11.8 Å². The van der Waals surface area contributed by atoms with Gasteiger partial charge >= 0.3 is 0 Å². The summed E-state index contributed by atoms with van der Waals surface area (Å²) in [4.78, 5) is 27.0. The highest BCUT2D eigenvalue weighted by Crippen LogP contribution is 2.50. The summed E-state index contributed by atoms with van der Waals surface area (Å²) in [7, 11) is 0. The van der Waals surface area contributed by atoms with Crippen LogP contribution in [-0.4, -0.2) is 30.9 Å². The maximum absolute atomic E-state index is 13.3. The second-order valence-corrected chi connectivity index (χ2v) is 9.02. The minimum atomic E-state index is -0.566. The zero-order chi connectivity index (χ0) is 20.7. The number of amides is 2. The van der Waals surface area contributed by atoms with Crippen molar-refractivity contribution in [3.8, 4) is 0 Å². The third-order valence-electron chi connectivity index (χ3n) is 7.58. The van der Waals surface area contributed by atoms with E-state index in [1.807, 2.05) is 24.3 Å². The van der Waals surface area contributed by atoms with Gasteiger partial charge in [-0.1, -0.05) is 42.5 Å². The Hall–Kier alpha value is -2.66. The maximum Gasteiger partial charge on any atom is 0.240 e. The third-order valence-corrected chi connectivity index (χ3v) is 7.58. The summed E-state index contributed by atoms with van der Waals surface area (Å²) in [6.07, 6.45) is 5.10. The molecule has 5 nitrogen and oxygen atoms in total. The standard InChI is InChI=1S/C25H29N3O2/c26-24(30)22-16-18-6-2-4-8-21(18)28(22)23(29)10-9-19-15-17-5-1-3-7-20(17)25(19)11-13-27-14-12-25/h1-8,19,22,27H,9-16H2,(H2,26,30)/t19?,22-/m1/s1. The highest BCUT2D eigenvalue weighted by atomic mass is 16.2. The molecule has 1 unspecified atom stereocenters. The van der Waals surface area contributed by atoms with Crippen molar-refractivity contribution < 1.29 is 9.59 Å². The molecule has 0 saturated carbocycles. The molecule has 2 aromatic carbocycles. The molecule has 3 aliphatic rings. The predicted octanol–water partition coefficient (Wildman–Crippen LogP) is 2.70. The van der Waals surface area contributed by atoms with Gasteiger partial charge < -0.3 is 11.1 Å². The lowest BCUT2D eigenvalue weighted by atomic mass is 9.67. The molecule has 2 heterocycles. The number of anilines is 1. The minimum Gasteiger partial charge on any atom is -0.368 e. The van der Waals surface area contributed by atoms with Crippen LogP contribution in [0, 0.1) is 5.92 Å². The van der Waals surface area contributed by atoms with Crippen molar-refractivity contribution in [2.45, 2.75) is 50.0 Å². The quantitative estimate of drug-likeness (QED) is 0.824. The first-order valence-electron chi connectivity index (χ1n) is 11.1. The van der Waals surface area contributed by atoms with Gasteiger partial charge in [0, 0.05) is 23.9 Å². The van der Waals surface area contributed by atoms with E-state index < -0.39 is 11.9 Å². The van der Waals surface area contributed by atoms with Gasteiger partial charge in [-0.2, -0.15) is 0 Å². The first-order valence-corrected chi connectivity index (χ1v) is 11.1. The second kappa shape index (κ2) is 7.55. The first-order chi connectivity index (χ1) is 14.6. The lowest BCUT2D eigenvalue weighted by Crippen LogP contribution is -2.46. The highest BCUT2D eigenvalue weighted by molar-refractivity contribution is 6.03. The number of carbonyl (C=O) groups is 2. The van der Waals surface area contributed by atoms with Crippen molar-refractivity contribution in [2.24, 2.45) is 11.7 Å². The van der Waals surface area contributed by atoms with E-state index in [4.69, 9.17) is 5.73 Å². The van der Waals surface area contributed by atoms with Gasteiger partial charge in [-0.15, -0.1) is 0 Å². The van der Waals surface area contributed by atoms with E-state index in [1.165, 1.54) is 11.1 Å². The second-order valence-electron chi connectivity index (χ2n) is 9.02. The Morgan fingerprint density at radius 1 is 1.00 bits per heavy atom. The molecule has 0 aromatic heterocycles. The number of piperidine rings is 1. The van der Waals surface area contributed by atoms with Crippen LogP contribution >= 0.6 is 0 Å². The SMILES string of the molecule is NC(=O)[C@H]1Cc2ccccc2N1C(=O)CCC1Cc2ccccc2C12CCNCC2. The summed E-state index contributed by atoms with van der Waals surface area (Å²) < 4.78 is 0. The molecule has 1 saturated heterocycles. The molecular weight excluding hydrogens is 374 g/mol. The van der Waals surface area contributed by atoms with Crippen LogP contribution in [0.1, 0.15) is 42.4 Å². The van der Waals surface area contributed by atoms with Crippen molar-refractivity contribution >= 4 is 17.5 Å². The minimum absolute atomic E-state index is 0.0174. The molecule has 2 aliphatic heterocycles. The lowest BCUT2D eigenvalue weighted by molar-refractivity contribution is -0.124. The Balaban J connectivity index is 1.37. The number of nitrogens with two attached hydrogens (primary N) is 1. The van der Waals surface area contributed by atoms with Gasteiger partial charge in [0.05, 0.1) is 0 Å². The number of benzene rings is 2. The van der Waals surface area contributed by atoms with Gasteiger partial charge in [0.15, 0.2) is 0 Å². The maximum atomic E-state index is 13.3. The molecule has 1 aliphatic carbocycles. The van der Waals surface area contributed by atoms with E-state index in [0.717, 1.165) is 50.0 Å². The number of para-hydroxylation sites is 1. The monoisotopic (exact) mass is 403 g/mol. The fraction of sp³-hybridized carbons (Fsp3) is 0.440. The molecule has 0 bridgehead atoms. The zero-order valence-corrected chi connectivity index (χ0v) is 17.3. The normalized spacial score (nSPS) is 23.9. The summed E-state index contributed by atoms with van der Waals surface area (Å²) >= 11 is 0. The molecule has 2 aromatic rings. The average Bonchev–Trinajstić information content (AvgIpc) is 3.30. The van der Waals surface area contributed by atoms with Crippen LogP contribution in [0.2, 0.25) is 0 Å². The number of nitrogens with zero attached hydrogens (tertiary/aromatic N) is 1. The Bertz CT molecular complexity index is 980. The van der Waals surface area contributed by atoms with Crippen molar-refractivity contribution in [1.29, 1.82) is 0 Å². The Morgan fingerprint density at radius 2 is 1.70 bits per heavy atom. The molecule has 1 fully saturated rings. The van der Waals surface area contributed by atoms with Gasteiger partial charge in [0.1, 0.15) is 6.04 Å². The van der Waals surface area contributed by atoms with Crippen molar-refractivity contribution in [3.63, 3.8) is 0 Å². The van der Waals surface area contributed by atoms with Crippen LogP contribution in [0.15, 0.2) is 48.5 Å². The van der Waals surface area contributed by atoms with E-state index in [1.54, 1.807) is 4.90 Å². The fourth-order valence-corrected chi connectivity index (χ4v) is 6.13. The molecule has 156 valence electrons. The summed E-state index contributed by atoms with van der Waals surface area (Å²) in [5, 5.41) is 3.50. The Morgan fingerprint density at radius 3 is 2.47 bits per heavy atom. The van der Waals surface area contributed by atoms with Crippen LogP contribution < -0.4 is 16.0 Å². The number of fused-ring (bicyclic) bond motifs is 3. The van der Waals surface area contributed by atoms with Crippen LogP contribution in [0.25, 0.3) is 0 Å². The van der Waals surface area contributed by atoms with Gasteiger partial charge in [-0.25, -0.2) is 0 Å². The van der Waals surface area contributed by atoms with E-state index in [9.17, 15) is 9.59 Å². The van der Waals surface area contributed by atoms with Gasteiger partial charge in [0.25, 0.3) is 0 Å². The number of carbonyl (C=O) groups excluding carboxylic acids is 2. The number of rotatable bonds is 4. The fourth-order valence-electron chi connectivity index (χ4n) is 6.13. The van der Waals surface area contributed by atoms with Crippen LogP contribution in [0.5, 0.6) is 0 Å². The van der Waals surface area contributed by atoms with Crippen LogP contribution in [0.4, 0.5) is 5.69 Å². The molecule has 30 heavy (non-hydrogen) atoms. The lowest BCUT2D eigenvalue weighted by Gasteiger charge is -2.40. The largest absolute Gasteiger partial charge is 0.368 e. The van der Waals surface area contributed by atoms with Crippen molar-refractivity contribution in [2.75, 3.05) is 18.0 Å². The number of hydrogen-bond acceptors (Lipinski definition) is 3. The number of nitrogens with one attached hydrogen (secondary N) is 1. The molecule has 5 rings (SSSR count). The zero-order valence-electron chi connectivity index (χ0n) is 17.3. The smallest absolute Gasteiger partial charge is 0.240 e. The van der Waals surface area contributed by atoms with Crippen molar-refractivity contribution in [1.82, 2.24) is 5.32 Å². The van der Waals surface area contributed by atoms with Crippen LogP contribution in [0.3, 0.4) is 0 Å². The van der Waals surface area contributed by atoms with Gasteiger partial charge in [-0.05, 0) is 67.4 Å². The number of primary amides is 1. The molecule has 5 heteroatoms. The average molecular weight is 404 g/mol. The predicted molar refractivity (Wildman–Crippen MR) is 117 cm³/mol. The van der Waals surface area contributed by atoms with E-state index in [-0.39, 0.29) is 11.3 Å². The Kier molecular flexibility index (Phi) is 4.86. The molecular formula is C25H29N3O2. The Labute approximate surface area is 177 Å².